The van der Waals surface area contributed by atoms with Gasteiger partial charge < -0.3 is 0 Å². The number of fused-ring (bicyclic) bond motifs is 1. The molecule has 0 heteroatoms. The number of rotatable bonds is 1. The molecule has 2 aliphatic rings. The molecule has 5 unspecified atom stereocenters. The Kier molecular flexibility index (Phi) is 2.48. The SMILES string of the molecule is CCC1(C)C2C(C)C(C)CCC2C1(C)C. The predicted octanol–water partition coefficient (Wildman–Crippen LogP) is 4.74. The molecular formula is C15H28. The quantitative estimate of drug-likeness (QED) is 0.584. The molecule has 0 radical (unpaired) electrons. The van der Waals surface area contributed by atoms with Crippen LogP contribution in [0.25, 0.3) is 0 Å². The Hall–Kier alpha value is 0. The topological polar surface area (TPSA) is 0 Å². The fourth-order valence-corrected chi connectivity index (χ4v) is 4.89. The van der Waals surface area contributed by atoms with Gasteiger partial charge in [0.05, 0.1) is 0 Å². The molecule has 2 aliphatic carbocycles. The monoisotopic (exact) mass is 208 g/mol. The van der Waals surface area contributed by atoms with Crippen LogP contribution >= 0.6 is 0 Å². The standard InChI is InChI=1S/C15H28/c1-7-15(6)13-11(3)10(2)8-9-12(13)14(15,4)5/h10-13H,7-9H2,1-6H3. The molecule has 0 saturated heterocycles. The van der Waals surface area contributed by atoms with E-state index in [0.717, 1.165) is 23.7 Å². The molecule has 0 bridgehead atoms. The molecule has 0 aromatic carbocycles. The van der Waals surface area contributed by atoms with Crippen molar-refractivity contribution >= 4 is 0 Å². The summed E-state index contributed by atoms with van der Waals surface area (Å²) in [6.07, 6.45) is 4.31. The van der Waals surface area contributed by atoms with Gasteiger partial charge in [0.1, 0.15) is 0 Å². The summed E-state index contributed by atoms with van der Waals surface area (Å²) >= 11 is 0. The van der Waals surface area contributed by atoms with Gasteiger partial charge in [-0.15, -0.1) is 0 Å². The average molecular weight is 208 g/mol. The lowest BCUT2D eigenvalue weighted by molar-refractivity contribution is -0.227. The zero-order valence-corrected chi connectivity index (χ0v) is 11.4. The molecule has 0 heterocycles. The molecule has 0 amide bonds. The van der Waals surface area contributed by atoms with Gasteiger partial charge in [-0.05, 0) is 47.3 Å². The van der Waals surface area contributed by atoms with Gasteiger partial charge in [0, 0.05) is 0 Å². The summed E-state index contributed by atoms with van der Waals surface area (Å²) in [6.45, 7) is 14.9. The van der Waals surface area contributed by atoms with Crippen LogP contribution in [0, 0.1) is 34.5 Å². The van der Waals surface area contributed by atoms with Crippen molar-refractivity contribution in [1.29, 1.82) is 0 Å². The summed E-state index contributed by atoms with van der Waals surface area (Å²) in [6, 6.07) is 0. The molecule has 2 saturated carbocycles. The molecule has 2 fully saturated rings. The van der Waals surface area contributed by atoms with Crippen molar-refractivity contribution in [2.24, 2.45) is 34.5 Å². The van der Waals surface area contributed by atoms with Gasteiger partial charge in [-0.1, -0.05) is 48.0 Å². The molecule has 0 aromatic heterocycles. The molecular weight excluding hydrogens is 180 g/mol. The molecule has 0 nitrogen and oxygen atoms in total. The van der Waals surface area contributed by atoms with Crippen molar-refractivity contribution in [3.05, 3.63) is 0 Å². The highest BCUT2D eigenvalue weighted by Crippen LogP contribution is 2.71. The van der Waals surface area contributed by atoms with E-state index in [1.165, 1.54) is 19.3 Å². The molecule has 2 rings (SSSR count). The second kappa shape index (κ2) is 3.25. The van der Waals surface area contributed by atoms with Crippen molar-refractivity contribution in [2.45, 2.75) is 60.8 Å². The van der Waals surface area contributed by atoms with E-state index in [1.807, 2.05) is 0 Å². The third kappa shape index (κ3) is 1.20. The lowest BCUT2D eigenvalue weighted by atomic mass is 9.34. The largest absolute Gasteiger partial charge is 0.0648 e. The summed E-state index contributed by atoms with van der Waals surface area (Å²) in [5.41, 5.74) is 1.19. The minimum absolute atomic E-state index is 0.584. The van der Waals surface area contributed by atoms with E-state index in [0.29, 0.717) is 10.8 Å². The van der Waals surface area contributed by atoms with Crippen molar-refractivity contribution in [3.63, 3.8) is 0 Å². The van der Waals surface area contributed by atoms with Gasteiger partial charge in [0.2, 0.25) is 0 Å². The van der Waals surface area contributed by atoms with E-state index in [1.54, 1.807) is 0 Å². The highest BCUT2D eigenvalue weighted by Gasteiger charge is 2.65. The second-order valence-corrected chi connectivity index (χ2v) is 7.04. The molecule has 5 atom stereocenters. The first-order valence-corrected chi connectivity index (χ1v) is 6.86. The maximum absolute atomic E-state index is 2.54. The maximum atomic E-state index is 2.54. The fraction of sp³-hybridized carbons (Fsp3) is 1.00. The fourth-order valence-electron chi connectivity index (χ4n) is 4.89. The van der Waals surface area contributed by atoms with Crippen LogP contribution in [0.4, 0.5) is 0 Å². The van der Waals surface area contributed by atoms with Crippen LogP contribution in [0.3, 0.4) is 0 Å². The molecule has 15 heavy (non-hydrogen) atoms. The Bertz CT molecular complexity index is 253. The summed E-state index contributed by atoms with van der Waals surface area (Å²) in [5.74, 6) is 3.91. The second-order valence-electron chi connectivity index (χ2n) is 7.04. The Morgan fingerprint density at radius 1 is 1.07 bits per heavy atom. The zero-order valence-electron chi connectivity index (χ0n) is 11.4. The lowest BCUT2D eigenvalue weighted by Crippen LogP contribution is -2.65. The number of hydrogen-bond acceptors (Lipinski definition) is 0. The third-order valence-corrected chi connectivity index (χ3v) is 6.70. The zero-order chi connectivity index (χ0) is 11.4. The van der Waals surface area contributed by atoms with E-state index in [2.05, 4.69) is 41.5 Å². The Morgan fingerprint density at radius 2 is 1.67 bits per heavy atom. The van der Waals surface area contributed by atoms with Gasteiger partial charge >= 0.3 is 0 Å². The molecule has 0 spiro atoms. The minimum Gasteiger partial charge on any atom is -0.0648 e. The van der Waals surface area contributed by atoms with Crippen LogP contribution in [-0.2, 0) is 0 Å². The summed E-state index contributed by atoms with van der Waals surface area (Å²) in [7, 11) is 0. The van der Waals surface area contributed by atoms with Gasteiger partial charge in [-0.3, -0.25) is 0 Å². The van der Waals surface area contributed by atoms with E-state index in [9.17, 15) is 0 Å². The van der Waals surface area contributed by atoms with Crippen molar-refractivity contribution < 1.29 is 0 Å². The van der Waals surface area contributed by atoms with E-state index >= 15 is 0 Å². The molecule has 0 aromatic rings. The summed E-state index contributed by atoms with van der Waals surface area (Å²) in [5, 5.41) is 0. The van der Waals surface area contributed by atoms with Crippen molar-refractivity contribution in [2.75, 3.05) is 0 Å². The summed E-state index contributed by atoms with van der Waals surface area (Å²) in [4.78, 5) is 0. The van der Waals surface area contributed by atoms with Gasteiger partial charge in [-0.2, -0.15) is 0 Å². The van der Waals surface area contributed by atoms with E-state index in [4.69, 9.17) is 0 Å². The van der Waals surface area contributed by atoms with Crippen LogP contribution in [0.5, 0.6) is 0 Å². The van der Waals surface area contributed by atoms with Crippen LogP contribution in [0.15, 0.2) is 0 Å². The van der Waals surface area contributed by atoms with Crippen LogP contribution in [0.2, 0.25) is 0 Å². The van der Waals surface area contributed by atoms with Crippen LogP contribution < -0.4 is 0 Å². The smallest absolute Gasteiger partial charge is 0.0241 e. The van der Waals surface area contributed by atoms with Crippen molar-refractivity contribution in [3.8, 4) is 0 Å². The minimum atomic E-state index is 0.584. The van der Waals surface area contributed by atoms with Crippen molar-refractivity contribution in [1.82, 2.24) is 0 Å². The van der Waals surface area contributed by atoms with Crippen LogP contribution in [-0.4, -0.2) is 0 Å². The summed E-state index contributed by atoms with van der Waals surface area (Å²) < 4.78 is 0. The molecule has 0 N–H and O–H groups in total. The first-order valence-electron chi connectivity index (χ1n) is 6.86. The Balaban J connectivity index is 2.28. The molecule has 88 valence electrons. The first kappa shape index (κ1) is 11.5. The van der Waals surface area contributed by atoms with Gasteiger partial charge in [0.25, 0.3) is 0 Å². The van der Waals surface area contributed by atoms with E-state index in [-0.39, 0.29) is 0 Å². The number of hydrogen-bond donors (Lipinski definition) is 0. The highest BCUT2D eigenvalue weighted by atomic mass is 14.7. The average Bonchev–Trinajstić information content (AvgIpc) is 2.20. The lowest BCUT2D eigenvalue weighted by Gasteiger charge is -2.71. The molecule has 0 aliphatic heterocycles. The normalized spacial score (nSPS) is 53.2. The van der Waals surface area contributed by atoms with Gasteiger partial charge in [-0.25, -0.2) is 0 Å². The first-order chi connectivity index (χ1) is 6.86. The van der Waals surface area contributed by atoms with Gasteiger partial charge in [0.15, 0.2) is 0 Å². The Morgan fingerprint density at radius 3 is 2.20 bits per heavy atom. The third-order valence-electron chi connectivity index (χ3n) is 6.70. The van der Waals surface area contributed by atoms with Crippen LogP contribution in [0.1, 0.15) is 60.8 Å². The van der Waals surface area contributed by atoms with E-state index < -0.39 is 0 Å². The predicted molar refractivity (Wildman–Crippen MR) is 66.7 cm³/mol. The Labute approximate surface area is 95.8 Å². The highest BCUT2D eigenvalue weighted by molar-refractivity contribution is 5.13. The maximum Gasteiger partial charge on any atom is -0.0241 e.